The second-order valence-corrected chi connectivity index (χ2v) is 7.06. The summed E-state index contributed by atoms with van der Waals surface area (Å²) in [6, 6.07) is 9.05. The SMILES string of the molecule is CCCCn1nc(C(=O)NCC(c2ccc(F)cc2)N2CCOCC2)ccc1=O. The van der Waals surface area contributed by atoms with Gasteiger partial charge in [-0.15, -0.1) is 0 Å². The van der Waals surface area contributed by atoms with E-state index in [1.165, 1.54) is 28.9 Å². The maximum atomic E-state index is 13.3. The highest BCUT2D eigenvalue weighted by Gasteiger charge is 2.23. The summed E-state index contributed by atoms with van der Waals surface area (Å²) in [4.78, 5) is 26.8. The highest BCUT2D eigenvalue weighted by Crippen LogP contribution is 2.21. The van der Waals surface area contributed by atoms with Gasteiger partial charge in [0.25, 0.3) is 11.5 Å². The molecule has 1 aliphatic rings. The zero-order valence-electron chi connectivity index (χ0n) is 16.6. The van der Waals surface area contributed by atoms with E-state index in [1.54, 1.807) is 12.1 Å². The van der Waals surface area contributed by atoms with Crippen molar-refractivity contribution in [2.24, 2.45) is 0 Å². The number of unbranched alkanes of at least 4 members (excludes halogenated alkanes) is 1. The summed E-state index contributed by atoms with van der Waals surface area (Å²) in [5.74, 6) is -0.632. The largest absolute Gasteiger partial charge is 0.379 e. The Morgan fingerprint density at radius 1 is 1.21 bits per heavy atom. The fourth-order valence-electron chi connectivity index (χ4n) is 3.35. The van der Waals surface area contributed by atoms with Gasteiger partial charge in [0.05, 0.1) is 19.3 Å². The van der Waals surface area contributed by atoms with Crippen LogP contribution in [-0.2, 0) is 11.3 Å². The first-order valence-corrected chi connectivity index (χ1v) is 10.0. The van der Waals surface area contributed by atoms with Crippen LogP contribution in [0.1, 0.15) is 41.9 Å². The number of halogens is 1. The second kappa shape index (κ2) is 10.3. The number of nitrogens with zero attached hydrogens (tertiary/aromatic N) is 3. The molecule has 0 bridgehead atoms. The van der Waals surface area contributed by atoms with Crippen molar-refractivity contribution in [3.63, 3.8) is 0 Å². The Bertz CT molecular complexity index is 863. The third-order valence-corrected chi connectivity index (χ3v) is 5.02. The molecule has 1 amide bonds. The Hall–Kier alpha value is -2.58. The summed E-state index contributed by atoms with van der Waals surface area (Å²) >= 11 is 0. The Morgan fingerprint density at radius 2 is 1.93 bits per heavy atom. The third kappa shape index (κ3) is 5.71. The number of benzene rings is 1. The molecule has 2 aromatic rings. The molecule has 156 valence electrons. The molecule has 0 spiro atoms. The fourth-order valence-corrected chi connectivity index (χ4v) is 3.35. The molecule has 1 unspecified atom stereocenters. The Kier molecular flexibility index (Phi) is 7.48. The van der Waals surface area contributed by atoms with Gasteiger partial charge in [0.15, 0.2) is 0 Å². The van der Waals surface area contributed by atoms with Crippen molar-refractivity contribution in [3.8, 4) is 0 Å². The van der Waals surface area contributed by atoms with Crippen LogP contribution < -0.4 is 10.9 Å². The summed E-state index contributed by atoms with van der Waals surface area (Å²) in [5.41, 5.74) is 0.919. The minimum Gasteiger partial charge on any atom is -0.379 e. The molecule has 1 saturated heterocycles. The summed E-state index contributed by atoms with van der Waals surface area (Å²) in [7, 11) is 0. The van der Waals surface area contributed by atoms with Gasteiger partial charge in [0.2, 0.25) is 0 Å². The van der Waals surface area contributed by atoms with E-state index in [2.05, 4.69) is 15.3 Å². The van der Waals surface area contributed by atoms with E-state index in [1.807, 2.05) is 6.92 Å². The lowest BCUT2D eigenvalue weighted by Crippen LogP contribution is -2.44. The van der Waals surface area contributed by atoms with Gasteiger partial charge in [-0.05, 0) is 30.2 Å². The molecular weight excluding hydrogens is 375 g/mol. The Labute approximate surface area is 169 Å². The number of morpholine rings is 1. The molecular formula is C21H27FN4O3. The standard InChI is InChI=1S/C21H27FN4O3/c1-2-3-10-26-20(27)9-8-18(24-26)21(28)23-15-19(25-11-13-29-14-12-25)16-4-6-17(22)7-5-16/h4-9,19H,2-3,10-15H2,1H3,(H,23,28). The van der Waals surface area contributed by atoms with Gasteiger partial charge in [-0.25, -0.2) is 9.07 Å². The van der Waals surface area contributed by atoms with E-state index in [4.69, 9.17) is 4.74 Å². The normalized spacial score (nSPS) is 15.8. The summed E-state index contributed by atoms with van der Waals surface area (Å²) in [6.45, 7) is 5.58. The number of carbonyl (C=O) groups excluding carboxylic acids is 1. The molecule has 1 atom stereocenters. The van der Waals surface area contributed by atoms with Gasteiger partial charge >= 0.3 is 0 Å². The number of amides is 1. The minimum absolute atomic E-state index is 0.102. The molecule has 2 heterocycles. The quantitative estimate of drug-likeness (QED) is 0.731. The van der Waals surface area contributed by atoms with Crippen LogP contribution in [0.3, 0.4) is 0 Å². The highest BCUT2D eigenvalue weighted by molar-refractivity contribution is 5.92. The fraction of sp³-hybridized carbons (Fsp3) is 0.476. The number of rotatable bonds is 8. The van der Waals surface area contributed by atoms with Gasteiger partial charge in [-0.3, -0.25) is 14.5 Å². The van der Waals surface area contributed by atoms with Crippen molar-refractivity contribution in [2.75, 3.05) is 32.8 Å². The van der Waals surface area contributed by atoms with Crippen molar-refractivity contribution in [1.29, 1.82) is 0 Å². The number of nitrogens with one attached hydrogen (secondary N) is 1. The molecule has 0 saturated carbocycles. The number of ether oxygens (including phenoxy) is 1. The van der Waals surface area contributed by atoms with Gasteiger partial charge in [0.1, 0.15) is 11.5 Å². The molecule has 1 fully saturated rings. The number of carbonyl (C=O) groups is 1. The van der Waals surface area contributed by atoms with E-state index in [-0.39, 0.29) is 29.0 Å². The summed E-state index contributed by atoms with van der Waals surface area (Å²) in [5, 5.41) is 7.11. The van der Waals surface area contributed by atoms with E-state index < -0.39 is 0 Å². The molecule has 1 aliphatic heterocycles. The maximum absolute atomic E-state index is 13.3. The topological polar surface area (TPSA) is 76.5 Å². The molecule has 1 N–H and O–H groups in total. The number of aryl methyl sites for hydroxylation is 1. The summed E-state index contributed by atoms with van der Waals surface area (Å²) in [6.07, 6.45) is 1.76. The molecule has 7 nitrogen and oxygen atoms in total. The van der Waals surface area contributed by atoms with E-state index in [0.29, 0.717) is 26.3 Å². The molecule has 1 aromatic carbocycles. The van der Waals surface area contributed by atoms with Crippen molar-refractivity contribution >= 4 is 5.91 Å². The molecule has 3 rings (SSSR count). The van der Waals surface area contributed by atoms with Gasteiger partial charge in [-0.2, -0.15) is 5.10 Å². The zero-order valence-corrected chi connectivity index (χ0v) is 16.6. The smallest absolute Gasteiger partial charge is 0.271 e. The molecule has 0 radical (unpaired) electrons. The lowest BCUT2D eigenvalue weighted by Gasteiger charge is -2.34. The minimum atomic E-state index is -0.337. The lowest BCUT2D eigenvalue weighted by atomic mass is 10.0. The monoisotopic (exact) mass is 402 g/mol. The highest BCUT2D eigenvalue weighted by atomic mass is 19.1. The van der Waals surface area contributed by atoms with Crippen LogP contribution in [0.4, 0.5) is 4.39 Å². The van der Waals surface area contributed by atoms with Crippen molar-refractivity contribution in [3.05, 3.63) is 63.8 Å². The Balaban J connectivity index is 1.72. The van der Waals surface area contributed by atoms with Gasteiger partial charge in [-0.1, -0.05) is 25.5 Å². The number of aromatic nitrogens is 2. The average molecular weight is 402 g/mol. The molecule has 8 heteroatoms. The number of hydrogen-bond acceptors (Lipinski definition) is 5. The van der Waals surface area contributed by atoms with E-state index in [9.17, 15) is 14.0 Å². The molecule has 0 aliphatic carbocycles. The lowest BCUT2D eigenvalue weighted by molar-refractivity contribution is 0.0162. The van der Waals surface area contributed by atoms with Crippen LogP contribution in [-0.4, -0.2) is 53.4 Å². The maximum Gasteiger partial charge on any atom is 0.271 e. The second-order valence-electron chi connectivity index (χ2n) is 7.06. The summed E-state index contributed by atoms with van der Waals surface area (Å²) < 4.78 is 20.1. The first kappa shape index (κ1) is 21.1. The van der Waals surface area contributed by atoms with Gasteiger partial charge < -0.3 is 10.1 Å². The first-order valence-electron chi connectivity index (χ1n) is 10.0. The van der Waals surface area contributed by atoms with Crippen LogP contribution in [0.2, 0.25) is 0 Å². The van der Waals surface area contributed by atoms with Crippen molar-refractivity contribution in [1.82, 2.24) is 20.0 Å². The molecule has 1 aromatic heterocycles. The van der Waals surface area contributed by atoms with Gasteiger partial charge in [0, 0.05) is 32.2 Å². The van der Waals surface area contributed by atoms with Crippen LogP contribution in [0.25, 0.3) is 0 Å². The predicted molar refractivity (Wildman–Crippen MR) is 107 cm³/mol. The van der Waals surface area contributed by atoms with E-state index in [0.717, 1.165) is 31.5 Å². The van der Waals surface area contributed by atoms with Crippen LogP contribution in [0.15, 0.2) is 41.2 Å². The Morgan fingerprint density at radius 3 is 2.62 bits per heavy atom. The van der Waals surface area contributed by atoms with Crippen LogP contribution in [0, 0.1) is 5.82 Å². The average Bonchev–Trinajstić information content (AvgIpc) is 2.75. The van der Waals surface area contributed by atoms with Crippen molar-refractivity contribution in [2.45, 2.75) is 32.4 Å². The van der Waals surface area contributed by atoms with Crippen LogP contribution in [0.5, 0.6) is 0 Å². The van der Waals surface area contributed by atoms with E-state index >= 15 is 0 Å². The first-order chi connectivity index (χ1) is 14.1. The number of hydrogen-bond donors (Lipinski definition) is 1. The zero-order chi connectivity index (χ0) is 20.6. The predicted octanol–water partition coefficient (Wildman–Crippen LogP) is 1.99. The van der Waals surface area contributed by atoms with Crippen LogP contribution >= 0.6 is 0 Å². The van der Waals surface area contributed by atoms with Crippen molar-refractivity contribution < 1.29 is 13.9 Å². The molecule has 29 heavy (non-hydrogen) atoms. The third-order valence-electron chi connectivity index (χ3n) is 5.02.